The first-order chi connectivity index (χ1) is 22.7. The summed E-state index contributed by atoms with van der Waals surface area (Å²) < 4.78 is 12.9. The van der Waals surface area contributed by atoms with Crippen molar-refractivity contribution in [2.75, 3.05) is 0 Å². The molecule has 0 saturated carbocycles. The Morgan fingerprint density at radius 1 is 0.511 bits per heavy atom. The third-order valence-electron chi connectivity index (χ3n) is 9.03. The first-order valence-corrected chi connectivity index (χ1v) is 15.7. The van der Waals surface area contributed by atoms with Gasteiger partial charge in [-0.05, 0) is 73.6 Å². The minimum absolute atomic E-state index is 0.476. The van der Waals surface area contributed by atoms with Gasteiger partial charge in [-0.1, -0.05) is 109 Å². The van der Waals surface area contributed by atoms with Crippen LogP contribution in [0.2, 0.25) is 0 Å². The molecule has 0 N–H and O–H groups in total. The summed E-state index contributed by atoms with van der Waals surface area (Å²) in [6.07, 6.45) is 0. The van der Waals surface area contributed by atoms with Crippen LogP contribution in [0, 0.1) is 11.3 Å². The Kier molecular flexibility index (Phi) is 7.77. The molecule has 5 aromatic carbocycles. The Labute approximate surface area is 275 Å². The van der Waals surface area contributed by atoms with E-state index in [1.807, 2.05) is 91.0 Å². The quantitative estimate of drug-likeness (QED) is 0.176. The summed E-state index contributed by atoms with van der Waals surface area (Å²) in [5.41, 5.74) is 7.22. The smallest absolute Gasteiger partial charge is 0.399 e. The standard InChI is InChI=1S/C40H33BN4O2/c1-39(2)40(3,4)47-41(46-39)33-22-23-34(29-12-7-5-8-13-29)35(25-33)38-44-36(30-14-9-6-10-15-30)43-37(45-38)32-17-11-16-31(24-32)28-20-18-27(26-42)19-21-28/h5-25H,1-4H3. The zero-order valence-corrected chi connectivity index (χ0v) is 26.8. The maximum Gasteiger partial charge on any atom is 0.494 e. The number of hydrogen-bond donors (Lipinski definition) is 0. The monoisotopic (exact) mass is 612 g/mol. The van der Waals surface area contributed by atoms with E-state index < -0.39 is 18.3 Å². The van der Waals surface area contributed by atoms with E-state index in [-0.39, 0.29) is 0 Å². The summed E-state index contributed by atoms with van der Waals surface area (Å²) >= 11 is 0. The lowest BCUT2D eigenvalue weighted by Crippen LogP contribution is -2.41. The van der Waals surface area contributed by atoms with Gasteiger partial charge in [0.05, 0.1) is 22.8 Å². The highest BCUT2D eigenvalue weighted by Gasteiger charge is 2.51. The second-order valence-electron chi connectivity index (χ2n) is 12.7. The molecule has 0 aliphatic carbocycles. The number of benzene rings is 5. The SMILES string of the molecule is CC1(C)OB(c2ccc(-c3ccccc3)c(-c3nc(-c4ccccc4)nc(-c4cccc(-c5ccc(C#N)cc5)c4)n3)c2)OC1(C)C. The van der Waals surface area contributed by atoms with Gasteiger partial charge in [-0.2, -0.15) is 5.26 Å². The average Bonchev–Trinajstić information content (AvgIpc) is 3.34. The molecule has 47 heavy (non-hydrogen) atoms. The highest BCUT2D eigenvalue weighted by molar-refractivity contribution is 6.62. The van der Waals surface area contributed by atoms with Crippen LogP contribution in [-0.4, -0.2) is 33.3 Å². The number of aromatic nitrogens is 3. The van der Waals surface area contributed by atoms with E-state index in [4.69, 9.17) is 24.3 Å². The largest absolute Gasteiger partial charge is 0.494 e. The van der Waals surface area contributed by atoms with Gasteiger partial charge in [0.25, 0.3) is 0 Å². The molecule has 6 nitrogen and oxygen atoms in total. The van der Waals surface area contributed by atoms with Crippen LogP contribution in [0.25, 0.3) is 56.4 Å². The van der Waals surface area contributed by atoms with E-state index >= 15 is 0 Å². The van der Waals surface area contributed by atoms with Crippen molar-refractivity contribution in [1.82, 2.24) is 15.0 Å². The molecule has 6 aromatic rings. The van der Waals surface area contributed by atoms with Crippen LogP contribution in [0.4, 0.5) is 0 Å². The lowest BCUT2D eigenvalue weighted by atomic mass is 9.77. The second kappa shape index (κ2) is 12.1. The maximum absolute atomic E-state index is 9.26. The molecule has 1 aliphatic heterocycles. The summed E-state index contributed by atoms with van der Waals surface area (Å²) in [7, 11) is -0.539. The van der Waals surface area contributed by atoms with E-state index in [1.54, 1.807) is 0 Å². The molecule has 228 valence electrons. The van der Waals surface area contributed by atoms with Crippen LogP contribution >= 0.6 is 0 Å². The molecule has 0 atom stereocenters. The molecule has 1 aromatic heterocycles. The van der Waals surface area contributed by atoms with Crippen molar-refractivity contribution < 1.29 is 9.31 Å². The fourth-order valence-electron chi connectivity index (χ4n) is 5.66. The molecule has 2 heterocycles. The summed E-state index contributed by atoms with van der Waals surface area (Å²) in [5.74, 6) is 1.69. The molecule has 7 rings (SSSR count). The lowest BCUT2D eigenvalue weighted by Gasteiger charge is -2.32. The van der Waals surface area contributed by atoms with E-state index in [1.165, 1.54) is 0 Å². The van der Waals surface area contributed by atoms with Crippen molar-refractivity contribution in [2.24, 2.45) is 0 Å². The van der Waals surface area contributed by atoms with Crippen LogP contribution in [0.5, 0.6) is 0 Å². The number of hydrogen-bond acceptors (Lipinski definition) is 6. The van der Waals surface area contributed by atoms with Crippen molar-refractivity contribution in [3.8, 4) is 62.5 Å². The van der Waals surface area contributed by atoms with Crippen molar-refractivity contribution in [1.29, 1.82) is 5.26 Å². The van der Waals surface area contributed by atoms with Crippen LogP contribution in [0.1, 0.15) is 33.3 Å². The van der Waals surface area contributed by atoms with Crippen LogP contribution in [-0.2, 0) is 9.31 Å². The minimum atomic E-state index is -0.539. The third kappa shape index (κ3) is 5.97. The minimum Gasteiger partial charge on any atom is -0.399 e. The van der Waals surface area contributed by atoms with Crippen molar-refractivity contribution in [3.05, 3.63) is 133 Å². The van der Waals surface area contributed by atoms with E-state index in [0.717, 1.165) is 44.4 Å². The lowest BCUT2D eigenvalue weighted by molar-refractivity contribution is 0.00578. The fourth-order valence-corrected chi connectivity index (χ4v) is 5.66. The second-order valence-corrected chi connectivity index (χ2v) is 12.7. The van der Waals surface area contributed by atoms with Gasteiger partial charge in [-0.3, -0.25) is 0 Å². The van der Waals surface area contributed by atoms with Gasteiger partial charge in [0.1, 0.15) is 0 Å². The van der Waals surface area contributed by atoms with E-state index in [2.05, 4.69) is 70.2 Å². The molecule has 7 heteroatoms. The third-order valence-corrected chi connectivity index (χ3v) is 9.03. The number of nitrogens with zero attached hydrogens (tertiary/aromatic N) is 4. The summed E-state index contributed by atoms with van der Waals surface area (Å²) in [4.78, 5) is 15.2. The summed E-state index contributed by atoms with van der Waals surface area (Å²) in [6, 6.07) is 44.4. The Morgan fingerprint density at radius 3 is 1.70 bits per heavy atom. The van der Waals surface area contributed by atoms with Gasteiger partial charge in [0.15, 0.2) is 17.5 Å². The number of rotatable bonds is 6. The molecule has 1 saturated heterocycles. The topological polar surface area (TPSA) is 80.9 Å². The molecule has 1 fully saturated rings. The van der Waals surface area contributed by atoms with Gasteiger partial charge in [-0.15, -0.1) is 0 Å². The predicted octanol–water partition coefficient (Wildman–Crippen LogP) is 8.38. The molecule has 0 radical (unpaired) electrons. The number of nitriles is 1. The van der Waals surface area contributed by atoms with Gasteiger partial charge in [0, 0.05) is 16.7 Å². The Bertz CT molecular complexity index is 2090. The Hall–Kier alpha value is -5.42. The first-order valence-electron chi connectivity index (χ1n) is 15.7. The highest BCUT2D eigenvalue weighted by Crippen LogP contribution is 2.38. The zero-order chi connectivity index (χ0) is 32.6. The first kappa shape index (κ1) is 30.3. The van der Waals surface area contributed by atoms with Gasteiger partial charge < -0.3 is 9.31 Å². The zero-order valence-electron chi connectivity index (χ0n) is 26.8. The van der Waals surface area contributed by atoms with Crippen LogP contribution < -0.4 is 5.46 Å². The fraction of sp³-hybridized carbons (Fsp3) is 0.150. The van der Waals surface area contributed by atoms with Crippen LogP contribution in [0.15, 0.2) is 127 Å². The molecule has 0 spiro atoms. The van der Waals surface area contributed by atoms with Gasteiger partial charge in [0.2, 0.25) is 0 Å². The maximum atomic E-state index is 9.26. The Balaban J connectivity index is 1.41. The van der Waals surface area contributed by atoms with Gasteiger partial charge in [-0.25, -0.2) is 15.0 Å². The summed E-state index contributed by atoms with van der Waals surface area (Å²) in [5, 5.41) is 9.26. The van der Waals surface area contributed by atoms with E-state index in [9.17, 15) is 5.26 Å². The molecule has 0 unspecified atom stereocenters. The average molecular weight is 613 g/mol. The van der Waals surface area contributed by atoms with Crippen LogP contribution in [0.3, 0.4) is 0 Å². The molecular weight excluding hydrogens is 579 g/mol. The molecule has 1 aliphatic rings. The Morgan fingerprint density at radius 2 is 1.06 bits per heavy atom. The van der Waals surface area contributed by atoms with Gasteiger partial charge >= 0.3 is 7.12 Å². The predicted molar refractivity (Wildman–Crippen MR) is 187 cm³/mol. The molecule has 0 amide bonds. The van der Waals surface area contributed by atoms with Crippen molar-refractivity contribution >= 4 is 12.6 Å². The normalized spacial score (nSPS) is 14.9. The highest BCUT2D eigenvalue weighted by atomic mass is 16.7. The van der Waals surface area contributed by atoms with Crippen molar-refractivity contribution in [2.45, 2.75) is 38.9 Å². The summed E-state index contributed by atoms with van der Waals surface area (Å²) in [6.45, 7) is 8.23. The van der Waals surface area contributed by atoms with Crippen molar-refractivity contribution in [3.63, 3.8) is 0 Å². The molecular formula is C40H33BN4O2. The molecule has 0 bridgehead atoms. The van der Waals surface area contributed by atoms with E-state index in [0.29, 0.717) is 23.0 Å².